The van der Waals surface area contributed by atoms with Gasteiger partial charge in [0.2, 0.25) is 0 Å². The SMILES string of the molecule is Cc1ccc(-c2ccc3c(ccc4sc5c(c43)NC[C@@H](C)NC5=O)n2)cc1. The third kappa shape index (κ3) is 2.66. The van der Waals surface area contributed by atoms with E-state index in [0.717, 1.165) is 49.4 Å². The number of anilines is 1. The Hall–Kier alpha value is -2.92. The number of benzene rings is 2. The molecular formula is C22H19N3OS. The summed E-state index contributed by atoms with van der Waals surface area (Å²) in [4.78, 5) is 18.2. The van der Waals surface area contributed by atoms with E-state index >= 15 is 0 Å². The first-order valence-corrected chi connectivity index (χ1v) is 9.90. The van der Waals surface area contributed by atoms with Crippen LogP contribution in [0.5, 0.6) is 0 Å². The van der Waals surface area contributed by atoms with Crippen molar-refractivity contribution in [1.82, 2.24) is 10.3 Å². The second-order valence-electron chi connectivity index (χ2n) is 7.13. The van der Waals surface area contributed by atoms with E-state index in [0.29, 0.717) is 0 Å². The smallest absolute Gasteiger partial charge is 0.263 e. The van der Waals surface area contributed by atoms with Crippen LogP contribution in [-0.2, 0) is 0 Å². The summed E-state index contributed by atoms with van der Waals surface area (Å²) < 4.78 is 1.11. The molecule has 2 aromatic carbocycles. The van der Waals surface area contributed by atoms with Gasteiger partial charge in [-0.15, -0.1) is 11.3 Å². The maximum atomic E-state index is 12.5. The van der Waals surface area contributed by atoms with Gasteiger partial charge >= 0.3 is 0 Å². The maximum Gasteiger partial charge on any atom is 0.263 e. The van der Waals surface area contributed by atoms with Crippen LogP contribution in [0.2, 0.25) is 0 Å². The first-order valence-electron chi connectivity index (χ1n) is 9.08. The number of hydrogen-bond donors (Lipinski definition) is 2. The monoisotopic (exact) mass is 373 g/mol. The summed E-state index contributed by atoms with van der Waals surface area (Å²) in [6.07, 6.45) is 0. The summed E-state index contributed by atoms with van der Waals surface area (Å²) in [5.74, 6) is 0.00100. The highest BCUT2D eigenvalue weighted by atomic mass is 32.1. The predicted molar refractivity (Wildman–Crippen MR) is 113 cm³/mol. The standard InChI is InChI=1S/C22H19N3OS/c1-12-3-5-14(6-4-12)16-8-7-15-17(25-16)9-10-18-19(15)20-21(27-18)22(26)24-13(2)11-23-20/h3-10,13,23H,11H2,1-2H3,(H,24,26)/t13-/m1/s1. The van der Waals surface area contributed by atoms with Crippen LogP contribution in [0.1, 0.15) is 22.2 Å². The minimum absolute atomic E-state index is 0.00100. The van der Waals surface area contributed by atoms with Gasteiger partial charge in [-0.1, -0.05) is 29.8 Å². The highest BCUT2D eigenvalue weighted by Crippen LogP contribution is 2.41. The molecule has 5 heteroatoms. The molecule has 27 heavy (non-hydrogen) atoms. The van der Waals surface area contributed by atoms with E-state index < -0.39 is 0 Å². The molecule has 0 fully saturated rings. The molecule has 5 rings (SSSR count). The Morgan fingerprint density at radius 2 is 1.89 bits per heavy atom. The van der Waals surface area contributed by atoms with Gasteiger partial charge in [-0.3, -0.25) is 4.79 Å². The lowest BCUT2D eigenvalue weighted by atomic mass is 10.1. The summed E-state index contributed by atoms with van der Waals surface area (Å²) in [6.45, 7) is 4.81. The van der Waals surface area contributed by atoms with Crippen molar-refractivity contribution in [2.24, 2.45) is 0 Å². The average molecular weight is 373 g/mol. The third-order valence-corrected chi connectivity index (χ3v) is 6.19. The first kappa shape index (κ1) is 16.3. The molecule has 0 unspecified atom stereocenters. The number of carbonyl (C=O) groups is 1. The second kappa shape index (κ2) is 6.06. The second-order valence-corrected chi connectivity index (χ2v) is 8.18. The molecular weight excluding hydrogens is 354 g/mol. The summed E-state index contributed by atoms with van der Waals surface area (Å²) in [5, 5.41) is 8.68. The molecule has 1 aliphatic rings. The van der Waals surface area contributed by atoms with Crippen LogP contribution in [0.3, 0.4) is 0 Å². The van der Waals surface area contributed by atoms with Gasteiger partial charge in [0.15, 0.2) is 0 Å². The van der Waals surface area contributed by atoms with Crippen molar-refractivity contribution in [3.05, 3.63) is 59.0 Å². The van der Waals surface area contributed by atoms with Crippen molar-refractivity contribution >= 4 is 43.9 Å². The molecule has 1 atom stereocenters. The summed E-state index contributed by atoms with van der Waals surface area (Å²) >= 11 is 1.54. The number of fused-ring (bicyclic) bond motifs is 5. The zero-order chi connectivity index (χ0) is 18.5. The number of carbonyl (C=O) groups excluding carboxylic acids is 1. The fourth-order valence-corrected chi connectivity index (χ4v) is 4.71. The average Bonchev–Trinajstić information content (AvgIpc) is 2.99. The summed E-state index contributed by atoms with van der Waals surface area (Å²) in [5.41, 5.74) is 5.19. The number of aromatic nitrogens is 1. The number of thiophene rings is 1. The van der Waals surface area contributed by atoms with Crippen LogP contribution in [0.4, 0.5) is 5.69 Å². The normalized spacial score (nSPS) is 16.7. The minimum Gasteiger partial charge on any atom is -0.381 e. The van der Waals surface area contributed by atoms with Gasteiger partial charge in [0.05, 0.1) is 16.9 Å². The van der Waals surface area contributed by atoms with E-state index in [1.54, 1.807) is 0 Å². The van der Waals surface area contributed by atoms with Crippen LogP contribution in [0.15, 0.2) is 48.5 Å². The molecule has 134 valence electrons. The molecule has 4 nitrogen and oxygen atoms in total. The van der Waals surface area contributed by atoms with E-state index in [9.17, 15) is 4.79 Å². The van der Waals surface area contributed by atoms with Gasteiger partial charge in [0.1, 0.15) is 4.88 Å². The van der Waals surface area contributed by atoms with Gasteiger partial charge < -0.3 is 10.6 Å². The van der Waals surface area contributed by atoms with Crippen molar-refractivity contribution in [1.29, 1.82) is 0 Å². The van der Waals surface area contributed by atoms with Gasteiger partial charge in [0.25, 0.3) is 5.91 Å². The molecule has 0 aliphatic carbocycles. The van der Waals surface area contributed by atoms with E-state index in [1.165, 1.54) is 16.9 Å². The molecule has 0 radical (unpaired) electrons. The Labute approximate surface area is 161 Å². The Bertz CT molecular complexity index is 1190. The molecule has 3 heterocycles. The number of pyridine rings is 1. The van der Waals surface area contributed by atoms with Crippen LogP contribution in [0.25, 0.3) is 32.2 Å². The minimum atomic E-state index is 0.00100. The molecule has 0 spiro atoms. The van der Waals surface area contributed by atoms with Gasteiger partial charge in [0, 0.05) is 33.6 Å². The highest BCUT2D eigenvalue weighted by Gasteiger charge is 2.24. The fraction of sp³-hybridized carbons (Fsp3) is 0.182. The van der Waals surface area contributed by atoms with E-state index in [2.05, 4.69) is 60.0 Å². The lowest BCUT2D eigenvalue weighted by Crippen LogP contribution is -2.34. The molecule has 0 saturated carbocycles. The van der Waals surface area contributed by atoms with Gasteiger partial charge in [-0.05, 0) is 38.1 Å². The zero-order valence-electron chi connectivity index (χ0n) is 15.2. The Morgan fingerprint density at radius 3 is 2.70 bits per heavy atom. The quantitative estimate of drug-likeness (QED) is 0.495. The van der Waals surface area contributed by atoms with Crippen molar-refractivity contribution in [3.63, 3.8) is 0 Å². The predicted octanol–water partition coefficient (Wildman–Crippen LogP) is 4.97. The van der Waals surface area contributed by atoms with Gasteiger partial charge in [-0.2, -0.15) is 0 Å². The number of amides is 1. The van der Waals surface area contributed by atoms with Crippen LogP contribution < -0.4 is 10.6 Å². The van der Waals surface area contributed by atoms with Crippen LogP contribution in [-0.4, -0.2) is 23.5 Å². The van der Waals surface area contributed by atoms with Crippen molar-refractivity contribution in [2.45, 2.75) is 19.9 Å². The highest BCUT2D eigenvalue weighted by molar-refractivity contribution is 7.21. The number of nitrogens with one attached hydrogen (secondary N) is 2. The number of aryl methyl sites for hydroxylation is 1. The number of hydrogen-bond acceptors (Lipinski definition) is 4. The molecule has 0 saturated heterocycles. The molecule has 0 bridgehead atoms. The maximum absolute atomic E-state index is 12.5. The topological polar surface area (TPSA) is 54.0 Å². The fourth-order valence-electron chi connectivity index (χ4n) is 3.61. The number of nitrogens with zero attached hydrogens (tertiary/aromatic N) is 1. The van der Waals surface area contributed by atoms with Crippen LogP contribution >= 0.6 is 11.3 Å². The Morgan fingerprint density at radius 1 is 1.07 bits per heavy atom. The van der Waals surface area contributed by atoms with E-state index in [4.69, 9.17) is 4.98 Å². The molecule has 1 aliphatic heterocycles. The lowest BCUT2D eigenvalue weighted by molar-refractivity contribution is 0.0949. The van der Waals surface area contributed by atoms with Crippen molar-refractivity contribution in [2.75, 3.05) is 11.9 Å². The lowest BCUT2D eigenvalue weighted by Gasteiger charge is -2.10. The van der Waals surface area contributed by atoms with Gasteiger partial charge in [-0.25, -0.2) is 4.98 Å². The molecule has 2 N–H and O–H groups in total. The summed E-state index contributed by atoms with van der Waals surface area (Å²) in [6, 6.07) is 16.8. The first-order chi connectivity index (χ1) is 13.1. The van der Waals surface area contributed by atoms with Crippen LogP contribution in [0, 0.1) is 6.92 Å². The van der Waals surface area contributed by atoms with Crippen molar-refractivity contribution < 1.29 is 4.79 Å². The number of rotatable bonds is 1. The third-order valence-electron chi connectivity index (χ3n) is 5.04. The largest absolute Gasteiger partial charge is 0.381 e. The van der Waals surface area contributed by atoms with E-state index in [1.807, 2.05) is 13.0 Å². The Balaban J connectivity index is 1.71. The van der Waals surface area contributed by atoms with Crippen molar-refractivity contribution in [3.8, 4) is 11.3 Å². The zero-order valence-corrected chi connectivity index (χ0v) is 16.0. The van der Waals surface area contributed by atoms with E-state index in [-0.39, 0.29) is 11.9 Å². The molecule has 1 amide bonds. The molecule has 4 aromatic rings. The Kier molecular flexibility index (Phi) is 3.65. The summed E-state index contributed by atoms with van der Waals surface area (Å²) in [7, 11) is 0. The molecule has 2 aromatic heterocycles.